The number of nitrogens with zero attached hydrogens (tertiary/aromatic N) is 2. The Balaban J connectivity index is 1.48. The van der Waals surface area contributed by atoms with Crippen LogP contribution >= 0.6 is 0 Å². The Hall–Kier alpha value is -3.71. The number of aliphatic hydroxyl groups is 1. The van der Waals surface area contributed by atoms with E-state index in [2.05, 4.69) is 6.07 Å². The average molecular weight is 429 g/mol. The van der Waals surface area contributed by atoms with Crippen molar-refractivity contribution < 1.29 is 24.4 Å². The third-order valence-corrected chi connectivity index (χ3v) is 6.50. The van der Waals surface area contributed by atoms with Crippen molar-refractivity contribution in [3.63, 3.8) is 0 Å². The van der Waals surface area contributed by atoms with Crippen LogP contribution in [-0.4, -0.2) is 34.0 Å². The molecule has 162 valence electrons. The van der Waals surface area contributed by atoms with Crippen LogP contribution in [0.3, 0.4) is 0 Å². The second kappa shape index (κ2) is 7.46. The zero-order valence-electron chi connectivity index (χ0n) is 17.6. The van der Waals surface area contributed by atoms with Crippen LogP contribution in [0, 0.1) is 5.92 Å². The van der Waals surface area contributed by atoms with Gasteiger partial charge in [-0.15, -0.1) is 0 Å². The molecule has 3 atom stereocenters. The number of amides is 1. The summed E-state index contributed by atoms with van der Waals surface area (Å²) in [6.07, 6.45) is 1.50. The van der Waals surface area contributed by atoms with E-state index in [0.29, 0.717) is 24.4 Å². The lowest BCUT2D eigenvalue weighted by molar-refractivity contribution is -0.674. The number of nitrogen functional groups attached to an aromatic ring is 1. The van der Waals surface area contributed by atoms with Gasteiger partial charge >= 0.3 is 0 Å². The molecule has 2 aliphatic heterocycles. The van der Waals surface area contributed by atoms with Crippen molar-refractivity contribution >= 4 is 34.0 Å². The maximum atomic E-state index is 12.4. The Labute approximate surface area is 185 Å². The van der Waals surface area contributed by atoms with Gasteiger partial charge in [0.1, 0.15) is 6.54 Å². The lowest BCUT2D eigenvalue weighted by Crippen LogP contribution is -2.62. The first-order chi connectivity index (χ1) is 15.3. The number of aromatic nitrogens is 1. The van der Waals surface area contributed by atoms with Gasteiger partial charge < -0.3 is 19.9 Å². The van der Waals surface area contributed by atoms with Crippen LogP contribution in [0.5, 0.6) is 0 Å². The van der Waals surface area contributed by atoms with Gasteiger partial charge in [0, 0.05) is 6.07 Å². The van der Waals surface area contributed by atoms with Crippen LogP contribution in [0.2, 0.25) is 0 Å². The molecular weight excluding hydrogens is 406 g/mol. The van der Waals surface area contributed by atoms with Crippen molar-refractivity contribution in [1.82, 2.24) is 4.90 Å². The molecule has 5 rings (SSSR count). The first-order valence-corrected chi connectivity index (χ1v) is 10.6. The van der Waals surface area contributed by atoms with E-state index in [1.165, 1.54) is 4.90 Å². The van der Waals surface area contributed by atoms with Crippen molar-refractivity contribution in [3.8, 4) is 0 Å². The van der Waals surface area contributed by atoms with Gasteiger partial charge in [0.15, 0.2) is 0 Å². The number of carbonyl (C=O) groups is 2. The Morgan fingerprint density at radius 2 is 1.97 bits per heavy atom. The second-order valence-electron chi connectivity index (χ2n) is 8.51. The molecular formula is C25H23N3O4. The Bertz CT molecular complexity index is 1300. The number of carboxylic acids is 1. The van der Waals surface area contributed by atoms with E-state index in [1.54, 1.807) is 6.92 Å². The largest absolute Gasteiger partial charge is 0.543 e. The summed E-state index contributed by atoms with van der Waals surface area (Å²) in [5.74, 6) is -1.62. The number of aliphatic hydroxyl groups excluding tert-OH is 1. The molecule has 1 aromatic heterocycles. The summed E-state index contributed by atoms with van der Waals surface area (Å²) < 4.78 is 1.96. The molecule has 3 heterocycles. The van der Waals surface area contributed by atoms with E-state index < -0.39 is 18.0 Å². The number of carbonyl (C=O) groups excluding carboxylic acids is 2. The van der Waals surface area contributed by atoms with Gasteiger partial charge in [-0.1, -0.05) is 30.3 Å². The molecule has 1 amide bonds. The Kier molecular flexibility index (Phi) is 4.71. The van der Waals surface area contributed by atoms with E-state index in [1.807, 2.05) is 59.3 Å². The number of β-lactam (4-membered cyclic amide) rings is 1. The number of fused-ring (bicyclic) bond motifs is 2. The summed E-state index contributed by atoms with van der Waals surface area (Å²) in [6, 6.07) is 17.2. The van der Waals surface area contributed by atoms with Crippen molar-refractivity contribution in [2.24, 2.45) is 5.92 Å². The fourth-order valence-corrected chi connectivity index (χ4v) is 4.93. The lowest BCUT2D eigenvalue weighted by atomic mass is 9.82. The number of hydrogen-bond acceptors (Lipinski definition) is 5. The molecule has 0 bridgehead atoms. The number of pyridine rings is 1. The van der Waals surface area contributed by atoms with Gasteiger partial charge in [0.2, 0.25) is 5.91 Å². The molecule has 2 aliphatic rings. The molecule has 0 radical (unpaired) electrons. The molecule has 7 nitrogen and oxygen atoms in total. The van der Waals surface area contributed by atoms with E-state index in [0.717, 1.165) is 21.9 Å². The minimum absolute atomic E-state index is 0.0798. The third-order valence-electron chi connectivity index (χ3n) is 6.50. The van der Waals surface area contributed by atoms with Gasteiger partial charge in [-0.2, -0.15) is 0 Å². The molecule has 3 N–H and O–H groups in total. The predicted octanol–water partition coefficient (Wildman–Crippen LogP) is 0.830. The SMILES string of the molecule is C[C@@H](O)[C@H]1C(=O)N2C(C(=O)[O-])=C(c3ccc4cc(C[n+]5ccccc5N)ccc4c3)C[C@H]12. The molecule has 32 heavy (non-hydrogen) atoms. The van der Waals surface area contributed by atoms with Crippen molar-refractivity contribution in [1.29, 1.82) is 0 Å². The Morgan fingerprint density at radius 1 is 1.22 bits per heavy atom. The molecule has 0 aliphatic carbocycles. The summed E-state index contributed by atoms with van der Waals surface area (Å²) in [4.78, 5) is 25.6. The Morgan fingerprint density at radius 3 is 2.69 bits per heavy atom. The van der Waals surface area contributed by atoms with Crippen LogP contribution in [0.1, 0.15) is 24.5 Å². The molecule has 0 saturated carbocycles. The fraction of sp³-hybridized carbons (Fsp3) is 0.240. The number of aliphatic carboxylic acids is 1. The molecule has 0 spiro atoms. The van der Waals surface area contributed by atoms with Crippen molar-refractivity contribution in [2.45, 2.75) is 32.0 Å². The first-order valence-electron chi connectivity index (χ1n) is 10.6. The van der Waals surface area contributed by atoms with Crippen molar-refractivity contribution in [2.75, 3.05) is 5.73 Å². The minimum Gasteiger partial charge on any atom is -0.543 e. The lowest BCUT2D eigenvalue weighted by Gasteiger charge is -2.45. The van der Waals surface area contributed by atoms with Crippen LogP contribution in [0.4, 0.5) is 5.82 Å². The van der Waals surface area contributed by atoms with Crippen LogP contribution in [0.15, 0.2) is 66.5 Å². The zero-order chi connectivity index (χ0) is 22.6. The summed E-state index contributed by atoms with van der Waals surface area (Å²) in [7, 11) is 0. The highest BCUT2D eigenvalue weighted by atomic mass is 16.4. The highest BCUT2D eigenvalue weighted by Crippen LogP contribution is 2.46. The zero-order valence-corrected chi connectivity index (χ0v) is 17.6. The van der Waals surface area contributed by atoms with Crippen LogP contribution in [-0.2, 0) is 16.1 Å². The number of benzene rings is 2. The summed E-state index contributed by atoms with van der Waals surface area (Å²) in [5, 5.41) is 23.8. The number of carboxylic acid groups (broad SMARTS) is 1. The summed E-state index contributed by atoms with van der Waals surface area (Å²) >= 11 is 0. The van der Waals surface area contributed by atoms with Gasteiger partial charge in [-0.25, -0.2) is 4.57 Å². The van der Waals surface area contributed by atoms with E-state index in [-0.39, 0.29) is 17.6 Å². The number of rotatable bonds is 5. The maximum Gasteiger partial charge on any atom is 0.272 e. The number of anilines is 1. The number of nitrogens with two attached hydrogens (primary N) is 1. The standard InChI is InChI=1S/C25H23N3O4/c1-14(29)22-20-12-19(23(25(31)32)28(20)24(22)30)18-8-7-16-10-15(5-6-17(16)11-18)13-27-9-3-2-4-21(27)26/h2-11,14,20,22,26,29H,12-13H2,1H3,(H,31,32)/t14-,20-,22-/m1/s1. The first kappa shape index (κ1) is 20.2. The minimum atomic E-state index is -1.37. The second-order valence-corrected chi connectivity index (χ2v) is 8.51. The van der Waals surface area contributed by atoms with E-state index >= 15 is 0 Å². The number of hydrogen-bond donors (Lipinski definition) is 2. The van der Waals surface area contributed by atoms with Gasteiger partial charge in [0.25, 0.3) is 5.82 Å². The monoisotopic (exact) mass is 429 g/mol. The highest BCUT2D eigenvalue weighted by molar-refractivity contribution is 6.06. The maximum absolute atomic E-state index is 12.4. The fourth-order valence-electron chi connectivity index (χ4n) is 4.93. The average Bonchev–Trinajstić information content (AvgIpc) is 3.10. The van der Waals surface area contributed by atoms with E-state index in [4.69, 9.17) is 5.73 Å². The quantitative estimate of drug-likeness (QED) is 0.461. The van der Waals surface area contributed by atoms with Gasteiger partial charge in [0.05, 0.1) is 35.9 Å². The highest BCUT2D eigenvalue weighted by Gasteiger charge is 2.55. The van der Waals surface area contributed by atoms with Crippen LogP contribution < -0.4 is 15.4 Å². The molecule has 0 unspecified atom stereocenters. The van der Waals surface area contributed by atoms with Crippen molar-refractivity contribution in [3.05, 3.63) is 77.6 Å². The van der Waals surface area contributed by atoms with E-state index in [9.17, 15) is 19.8 Å². The molecule has 1 saturated heterocycles. The molecule has 1 fully saturated rings. The normalized spacial score (nSPS) is 20.9. The smallest absolute Gasteiger partial charge is 0.272 e. The van der Waals surface area contributed by atoms with Gasteiger partial charge in [-0.3, -0.25) is 10.5 Å². The topological polar surface area (TPSA) is 111 Å². The predicted molar refractivity (Wildman–Crippen MR) is 116 cm³/mol. The summed E-state index contributed by atoms with van der Waals surface area (Å²) in [5.41, 5.74) is 8.37. The molecule has 7 heteroatoms. The summed E-state index contributed by atoms with van der Waals surface area (Å²) in [6.45, 7) is 2.20. The molecule has 3 aromatic rings. The van der Waals surface area contributed by atoms with Crippen LogP contribution in [0.25, 0.3) is 16.3 Å². The molecule has 2 aromatic carbocycles. The van der Waals surface area contributed by atoms with Gasteiger partial charge in [-0.05, 0) is 59.0 Å². The third kappa shape index (κ3) is 3.13.